The Morgan fingerprint density at radius 1 is 1.33 bits per heavy atom. The van der Waals surface area contributed by atoms with Crippen molar-refractivity contribution in [3.8, 4) is 5.75 Å². The smallest absolute Gasteiger partial charge is 0.126 e. The second-order valence-corrected chi connectivity index (χ2v) is 5.08. The van der Waals surface area contributed by atoms with Crippen LogP contribution in [0.2, 0.25) is 0 Å². The minimum atomic E-state index is -0.399. The highest BCUT2D eigenvalue weighted by Gasteiger charge is 2.33. The molecule has 1 heterocycles. The van der Waals surface area contributed by atoms with Crippen LogP contribution >= 0.6 is 0 Å². The van der Waals surface area contributed by atoms with Gasteiger partial charge in [-0.1, -0.05) is 6.07 Å². The van der Waals surface area contributed by atoms with Gasteiger partial charge in [-0.15, -0.1) is 0 Å². The fraction of sp³-hybridized carbons (Fsp3) is 0.538. The lowest BCUT2D eigenvalue weighted by Crippen LogP contribution is -2.35. The number of rotatable bonds is 0. The van der Waals surface area contributed by atoms with Gasteiger partial charge in [0.25, 0.3) is 0 Å². The van der Waals surface area contributed by atoms with E-state index in [-0.39, 0.29) is 5.60 Å². The number of aryl methyl sites for hydroxylation is 2. The summed E-state index contributed by atoms with van der Waals surface area (Å²) in [5, 5.41) is 10.1. The molecule has 1 unspecified atom stereocenters. The first kappa shape index (κ1) is 10.5. The highest BCUT2D eigenvalue weighted by atomic mass is 16.5. The average molecular weight is 206 g/mol. The summed E-state index contributed by atoms with van der Waals surface area (Å²) in [6.45, 7) is 8.09. The maximum atomic E-state index is 10.1. The Hall–Kier alpha value is -1.02. The Labute approximate surface area is 90.9 Å². The molecular formula is C13H18O2. The molecule has 0 radical (unpaired) electrons. The van der Waals surface area contributed by atoms with E-state index in [9.17, 15) is 5.11 Å². The molecule has 1 atom stereocenters. The summed E-state index contributed by atoms with van der Waals surface area (Å²) < 4.78 is 5.89. The molecule has 1 aromatic carbocycles. The summed E-state index contributed by atoms with van der Waals surface area (Å²) >= 11 is 0. The van der Waals surface area contributed by atoms with Gasteiger partial charge in [0.2, 0.25) is 0 Å². The molecule has 2 heteroatoms. The zero-order chi connectivity index (χ0) is 11.2. The predicted octanol–water partition coefficient (Wildman–Crippen LogP) is 2.90. The van der Waals surface area contributed by atoms with Crippen LogP contribution in [0.5, 0.6) is 5.75 Å². The summed E-state index contributed by atoms with van der Waals surface area (Å²) in [6.07, 6.45) is 0.258. The molecule has 1 N–H and O–H groups in total. The van der Waals surface area contributed by atoms with Crippen molar-refractivity contribution < 1.29 is 9.84 Å². The summed E-state index contributed by atoms with van der Waals surface area (Å²) in [5.74, 6) is 0.844. The third kappa shape index (κ3) is 1.86. The zero-order valence-corrected chi connectivity index (χ0v) is 9.79. The second kappa shape index (κ2) is 3.24. The van der Waals surface area contributed by atoms with Crippen LogP contribution in [-0.2, 0) is 0 Å². The minimum absolute atomic E-state index is 0.271. The van der Waals surface area contributed by atoms with Gasteiger partial charge in [-0.05, 0) is 44.9 Å². The van der Waals surface area contributed by atoms with Crippen molar-refractivity contribution in [3.05, 3.63) is 28.8 Å². The molecule has 2 nitrogen and oxygen atoms in total. The highest BCUT2D eigenvalue weighted by Crippen LogP contribution is 2.41. The monoisotopic (exact) mass is 206 g/mol. The van der Waals surface area contributed by atoms with Crippen molar-refractivity contribution in [1.29, 1.82) is 0 Å². The van der Waals surface area contributed by atoms with Crippen molar-refractivity contribution in [3.63, 3.8) is 0 Å². The Morgan fingerprint density at radius 3 is 2.67 bits per heavy atom. The van der Waals surface area contributed by atoms with Gasteiger partial charge in [-0.3, -0.25) is 0 Å². The molecular weight excluding hydrogens is 188 g/mol. The van der Waals surface area contributed by atoms with Crippen LogP contribution in [0, 0.1) is 13.8 Å². The largest absolute Gasteiger partial charge is 0.487 e. The SMILES string of the molecule is Cc1cc(C)c2c(c1)OC(C)(C)CC2O. The number of aliphatic hydroxyl groups excluding tert-OH is 1. The van der Waals surface area contributed by atoms with Gasteiger partial charge in [-0.25, -0.2) is 0 Å². The maximum absolute atomic E-state index is 10.1. The summed E-state index contributed by atoms with van der Waals surface area (Å²) in [7, 11) is 0. The van der Waals surface area contributed by atoms with Crippen molar-refractivity contribution in [2.45, 2.75) is 45.8 Å². The van der Waals surface area contributed by atoms with E-state index < -0.39 is 6.10 Å². The number of hydrogen-bond acceptors (Lipinski definition) is 2. The van der Waals surface area contributed by atoms with Crippen LogP contribution in [0.1, 0.15) is 43.1 Å². The van der Waals surface area contributed by atoms with Gasteiger partial charge in [0.05, 0.1) is 6.10 Å². The van der Waals surface area contributed by atoms with Crippen LogP contribution in [-0.4, -0.2) is 10.7 Å². The third-order valence-corrected chi connectivity index (χ3v) is 2.90. The Bertz CT molecular complexity index is 394. The molecule has 82 valence electrons. The quantitative estimate of drug-likeness (QED) is 0.707. The van der Waals surface area contributed by atoms with E-state index in [2.05, 4.69) is 6.07 Å². The zero-order valence-electron chi connectivity index (χ0n) is 9.79. The van der Waals surface area contributed by atoms with Crippen LogP contribution < -0.4 is 4.74 Å². The molecule has 15 heavy (non-hydrogen) atoms. The Balaban J connectivity index is 2.55. The van der Waals surface area contributed by atoms with E-state index >= 15 is 0 Å². The lowest BCUT2D eigenvalue weighted by atomic mass is 9.88. The van der Waals surface area contributed by atoms with Crippen LogP contribution in [0.4, 0.5) is 0 Å². The molecule has 0 spiro atoms. The number of ether oxygens (including phenoxy) is 1. The maximum Gasteiger partial charge on any atom is 0.126 e. The fourth-order valence-electron chi connectivity index (χ4n) is 2.36. The molecule has 0 saturated carbocycles. The second-order valence-electron chi connectivity index (χ2n) is 5.08. The molecule has 1 aliphatic heterocycles. The minimum Gasteiger partial charge on any atom is -0.487 e. The van der Waals surface area contributed by atoms with Crippen LogP contribution in [0.25, 0.3) is 0 Å². The van der Waals surface area contributed by atoms with Crippen molar-refractivity contribution in [1.82, 2.24) is 0 Å². The van der Waals surface area contributed by atoms with Crippen LogP contribution in [0.15, 0.2) is 12.1 Å². The van der Waals surface area contributed by atoms with E-state index in [4.69, 9.17) is 4.74 Å². The van der Waals surface area contributed by atoms with Crippen LogP contribution in [0.3, 0.4) is 0 Å². The predicted molar refractivity (Wildman–Crippen MR) is 60.2 cm³/mol. The van der Waals surface area contributed by atoms with Gasteiger partial charge in [0, 0.05) is 12.0 Å². The fourth-order valence-corrected chi connectivity index (χ4v) is 2.36. The lowest BCUT2D eigenvalue weighted by Gasteiger charge is -2.36. The lowest BCUT2D eigenvalue weighted by molar-refractivity contribution is 0.0111. The van der Waals surface area contributed by atoms with Gasteiger partial charge >= 0.3 is 0 Å². The molecule has 0 saturated heterocycles. The van der Waals surface area contributed by atoms with E-state index in [1.54, 1.807) is 0 Å². The normalized spacial score (nSPS) is 23.1. The van der Waals surface area contributed by atoms with Crippen molar-refractivity contribution in [2.24, 2.45) is 0 Å². The molecule has 0 aliphatic carbocycles. The number of benzene rings is 1. The molecule has 0 aromatic heterocycles. The molecule has 1 aliphatic rings. The molecule has 0 bridgehead atoms. The Kier molecular flexibility index (Phi) is 2.27. The Morgan fingerprint density at radius 2 is 2.00 bits per heavy atom. The van der Waals surface area contributed by atoms with E-state index in [0.29, 0.717) is 6.42 Å². The standard InChI is InChI=1S/C13H18O2/c1-8-5-9(2)12-10(14)7-13(3,4)15-11(12)6-8/h5-6,10,14H,7H2,1-4H3. The van der Waals surface area contributed by atoms with Gasteiger partial charge in [0.1, 0.15) is 11.4 Å². The summed E-state index contributed by atoms with van der Waals surface area (Å²) in [4.78, 5) is 0. The number of aliphatic hydroxyl groups is 1. The van der Waals surface area contributed by atoms with Gasteiger partial charge in [-0.2, -0.15) is 0 Å². The number of hydrogen-bond donors (Lipinski definition) is 1. The van der Waals surface area contributed by atoms with E-state index in [0.717, 1.165) is 16.9 Å². The highest BCUT2D eigenvalue weighted by molar-refractivity contribution is 5.46. The van der Waals surface area contributed by atoms with Crippen molar-refractivity contribution in [2.75, 3.05) is 0 Å². The van der Waals surface area contributed by atoms with Crippen molar-refractivity contribution >= 4 is 0 Å². The third-order valence-electron chi connectivity index (χ3n) is 2.90. The van der Waals surface area contributed by atoms with E-state index in [1.165, 1.54) is 5.56 Å². The number of fused-ring (bicyclic) bond motifs is 1. The molecule has 0 fully saturated rings. The first-order valence-electron chi connectivity index (χ1n) is 5.37. The topological polar surface area (TPSA) is 29.5 Å². The molecule has 2 rings (SSSR count). The van der Waals surface area contributed by atoms with Gasteiger partial charge in [0.15, 0.2) is 0 Å². The molecule has 0 amide bonds. The average Bonchev–Trinajstić information content (AvgIpc) is 1.97. The summed E-state index contributed by atoms with van der Waals surface area (Å²) in [5.41, 5.74) is 2.98. The summed E-state index contributed by atoms with van der Waals surface area (Å²) in [6, 6.07) is 4.09. The molecule has 1 aromatic rings. The first-order chi connectivity index (χ1) is 6.89. The van der Waals surface area contributed by atoms with E-state index in [1.807, 2.05) is 33.8 Å². The first-order valence-corrected chi connectivity index (χ1v) is 5.37. The van der Waals surface area contributed by atoms with Gasteiger partial charge < -0.3 is 9.84 Å².